The van der Waals surface area contributed by atoms with E-state index in [1.807, 2.05) is 25.3 Å². The monoisotopic (exact) mass is 326 g/mol. The maximum absolute atomic E-state index is 4.83. The Hall–Kier alpha value is -1.66. The molecule has 0 heterocycles. The zero-order chi connectivity index (χ0) is 16.7. The number of aliphatic imine (C=N–C) groups is 1. The van der Waals surface area contributed by atoms with Crippen LogP contribution in [0.5, 0.6) is 0 Å². The molecule has 0 aromatic heterocycles. The Kier molecular flexibility index (Phi) is 6.80. The lowest BCUT2D eigenvalue weighted by atomic mass is 10.1. The van der Waals surface area contributed by atoms with E-state index >= 15 is 0 Å². The molecule has 0 saturated heterocycles. The van der Waals surface area contributed by atoms with Gasteiger partial charge in [0, 0.05) is 14.1 Å². The van der Waals surface area contributed by atoms with Gasteiger partial charge in [-0.1, -0.05) is 74.5 Å². The van der Waals surface area contributed by atoms with Crippen molar-refractivity contribution in [2.75, 3.05) is 20.3 Å². The molecular formula is C20H27N2P. The fourth-order valence-electron chi connectivity index (χ4n) is 2.41. The van der Waals surface area contributed by atoms with Crippen LogP contribution in [-0.2, 0) is 0 Å². The summed E-state index contributed by atoms with van der Waals surface area (Å²) in [5.41, 5.74) is 0. The molecule has 0 unspecified atom stereocenters. The van der Waals surface area contributed by atoms with Crippen LogP contribution in [0.3, 0.4) is 0 Å². The number of nitrogens with zero attached hydrogens (tertiary/aromatic N) is 2. The highest BCUT2D eigenvalue weighted by Gasteiger charge is 2.21. The smallest absolute Gasteiger partial charge is 0.0848 e. The van der Waals surface area contributed by atoms with Crippen molar-refractivity contribution >= 4 is 24.9 Å². The van der Waals surface area contributed by atoms with Gasteiger partial charge in [-0.3, -0.25) is 4.99 Å². The highest BCUT2D eigenvalue weighted by Crippen LogP contribution is 2.36. The van der Waals surface area contributed by atoms with Gasteiger partial charge < -0.3 is 4.90 Å². The fraction of sp³-hybridized carbons (Fsp3) is 0.350. The molecule has 2 nitrogen and oxygen atoms in total. The normalized spacial score (nSPS) is 13.0. The van der Waals surface area contributed by atoms with Gasteiger partial charge in [0.2, 0.25) is 0 Å². The summed E-state index contributed by atoms with van der Waals surface area (Å²) in [6, 6.07) is 22.1. The molecule has 0 aliphatic heterocycles. The van der Waals surface area contributed by atoms with Gasteiger partial charge in [-0.2, -0.15) is 0 Å². The molecule has 3 heteroatoms. The molecule has 0 aliphatic carbocycles. The van der Waals surface area contributed by atoms with E-state index in [0.717, 1.165) is 6.16 Å². The highest BCUT2D eigenvalue weighted by atomic mass is 31.1. The molecular weight excluding hydrogens is 299 g/mol. The van der Waals surface area contributed by atoms with Gasteiger partial charge >= 0.3 is 0 Å². The minimum Gasteiger partial charge on any atom is -0.369 e. The lowest BCUT2D eigenvalue weighted by Crippen LogP contribution is -2.25. The second-order valence-corrected chi connectivity index (χ2v) is 8.58. The maximum Gasteiger partial charge on any atom is 0.0848 e. The average molecular weight is 326 g/mol. The Morgan fingerprint density at radius 3 is 1.78 bits per heavy atom. The third-order valence-electron chi connectivity index (χ3n) is 3.76. The van der Waals surface area contributed by atoms with E-state index in [-0.39, 0.29) is 7.92 Å². The quantitative estimate of drug-likeness (QED) is 0.430. The molecule has 0 radical (unpaired) electrons. The standard InChI is InChI=1S/C20H27N2P/c1-17(2)20(21-16-22(3)4)15-23(18-11-7-5-8-12-18)19-13-9-6-10-14-19/h5-14,16-17,20H,15H2,1-4H3/t20-/m1/s1. The van der Waals surface area contributed by atoms with E-state index < -0.39 is 0 Å². The summed E-state index contributed by atoms with van der Waals surface area (Å²) >= 11 is 0. The minimum absolute atomic E-state index is 0.337. The number of hydrogen-bond donors (Lipinski definition) is 0. The predicted octanol–water partition coefficient (Wildman–Crippen LogP) is 3.73. The van der Waals surface area contributed by atoms with Crippen LogP contribution in [0.4, 0.5) is 0 Å². The zero-order valence-corrected chi connectivity index (χ0v) is 15.4. The van der Waals surface area contributed by atoms with E-state index in [1.165, 1.54) is 10.6 Å². The Labute approximate surface area is 142 Å². The molecule has 2 rings (SSSR count). The third kappa shape index (κ3) is 5.48. The Bertz CT molecular complexity index is 554. The number of rotatable bonds is 7. The Balaban J connectivity index is 2.30. The van der Waals surface area contributed by atoms with Crippen molar-refractivity contribution < 1.29 is 0 Å². The second-order valence-electron chi connectivity index (χ2n) is 6.32. The summed E-state index contributed by atoms with van der Waals surface area (Å²) in [4.78, 5) is 6.85. The minimum atomic E-state index is -0.386. The van der Waals surface area contributed by atoms with Crippen LogP contribution in [0.25, 0.3) is 0 Å². The lowest BCUT2D eigenvalue weighted by Gasteiger charge is -2.25. The van der Waals surface area contributed by atoms with Gasteiger partial charge in [-0.15, -0.1) is 0 Å². The van der Waals surface area contributed by atoms with E-state index in [2.05, 4.69) is 74.5 Å². The molecule has 2 aromatic carbocycles. The van der Waals surface area contributed by atoms with Crippen molar-refractivity contribution in [3.8, 4) is 0 Å². The topological polar surface area (TPSA) is 15.6 Å². The first kappa shape index (κ1) is 17.7. The largest absolute Gasteiger partial charge is 0.369 e. The number of benzene rings is 2. The summed E-state index contributed by atoms with van der Waals surface area (Å²) in [6.07, 6.45) is 3.04. The van der Waals surface area contributed by atoms with Crippen molar-refractivity contribution in [2.24, 2.45) is 10.9 Å². The van der Waals surface area contributed by atoms with Crippen molar-refractivity contribution in [1.82, 2.24) is 4.90 Å². The van der Waals surface area contributed by atoms with Gasteiger partial charge in [0.15, 0.2) is 0 Å². The first-order valence-corrected chi connectivity index (χ1v) is 9.68. The number of hydrogen-bond acceptors (Lipinski definition) is 1. The van der Waals surface area contributed by atoms with Gasteiger partial charge in [0.05, 0.1) is 12.4 Å². The molecule has 0 spiro atoms. The predicted molar refractivity (Wildman–Crippen MR) is 105 cm³/mol. The third-order valence-corrected chi connectivity index (χ3v) is 6.35. The van der Waals surface area contributed by atoms with E-state index in [1.54, 1.807) is 0 Å². The van der Waals surface area contributed by atoms with E-state index in [0.29, 0.717) is 12.0 Å². The lowest BCUT2D eigenvalue weighted by molar-refractivity contribution is 0.527. The molecule has 2 aromatic rings. The first-order valence-electron chi connectivity index (χ1n) is 8.15. The van der Waals surface area contributed by atoms with Crippen LogP contribution in [0.1, 0.15) is 13.8 Å². The first-order chi connectivity index (χ1) is 11.1. The molecule has 23 heavy (non-hydrogen) atoms. The van der Waals surface area contributed by atoms with Gasteiger partial charge in [-0.05, 0) is 30.6 Å². The van der Waals surface area contributed by atoms with Gasteiger partial charge in [-0.25, -0.2) is 0 Å². The SMILES string of the molecule is CC(C)[C@@H](CP(c1ccccc1)c1ccccc1)N=CN(C)C. The van der Waals surface area contributed by atoms with Crippen LogP contribution < -0.4 is 10.6 Å². The molecule has 0 bridgehead atoms. The van der Waals surface area contributed by atoms with Gasteiger partial charge in [0.1, 0.15) is 0 Å². The van der Waals surface area contributed by atoms with Crippen LogP contribution in [0.2, 0.25) is 0 Å². The molecule has 0 aliphatic rings. The van der Waals surface area contributed by atoms with E-state index in [4.69, 9.17) is 4.99 Å². The van der Waals surface area contributed by atoms with Crippen molar-refractivity contribution in [1.29, 1.82) is 0 Å². The molecule has 1 atom stereocenters. The summed E-state index contributed by atoms with van der Waals surface area (Å²) in [6.45, 7) is 4.53. The average Bonchev–Trinajstić information content (AvgIpc) is 2.56. The summed E-state index contributed by atoms with van der Waals surface area (Å²) < 4.78 is 0. The molecule has 0 N–H and O–H groups in total. The van der Waals surface area contributed by atoms with Crippen molar-refractivity contribution in [2.45, 2.75) is 19.9 Å². The van der Waals surface area contributed by atoms with Crippen molar-refractivity contribution in [3.63, 3.8) is 0 Å². The van der Waals surface area contributed by atoms with Gasteiger partial charge in [0.25, 0.3) is 0 Å². The van der Waals surface area contributed by atoms with Crippen LogP contribution in [0, 0.1) is 5.92 Å². The fourth-order valence-corrected chi connectivity index (χ4v) is 5.09. The Morgan fingerprint density at radius 2 is 1.39 bits per heavy atom. The maximum atomic E-state index is 4.83. The summed E-state index contributed by atoms with van der Waals surface area (Å²) in [5.74, 6) is 0.531. The molecule has 0 amide bonds. The van der Waals surface area contributed by atoms with E-state index in [9.17, 15) is 0 Å². The van der Waals surface area contributed by atoms with Crippen molar-refractivity contribution in [3.05, 3.63) is 60.7 Å². The summed E-state index contributed by atoms with van der Waals surface area (Å²) in [7, 11) is 3.67. The second kappa shape index (κ2) is 8.84. The zero-order valence-electron chi connectivity index (χ0n) is 14.6. The van der Waals surface area contributed by atoms with Crippen LogP contribution >= 0.6 is 7.92 Å². The molecule has 0 saturated carbocycles. The highest BCUT2D eigenvalue weighted by molar-refractivity contribution is 7.73. The molecule has 122 valence electrons. The van der Waals surface area contributed by atoms with Crippen LogP contribution in [0.15, 0.2) is 65.7 Å². The summed E-state index contributed by atoms with van der Waals surface area (Å²) in [5, 5.41) is 2.86. The van der Waals surface area contributed by atoms with Crippen LogP contribution in [-0.4, -0.2) is 37.5 Å². The molecule has 0 fully saturated rings. The Morgan fingerprint density at radius 1 is 0.913 bits per heavy atom.